The number of aryl methyl sites for hydroxylation is 2. The van der Waals surface area contributed by atoms with Crippen LogP contribution < -0.4 is 14.3 Å². The third-order valence-corrected chi connectivity index (χ3v) is 5.85. The van der Waals surface area contributed by atoms with Crippen LogP contribution in [0.2, 0.25) is 0 Å². The van der Waals surface area contributed by atoms with Gasteiger partial charge in [-0.3, -0.25) is 4.79 Å². The molecule has 0 saturated heterocycles. The first-order chi connectivity index (χ1) is 13.6. The Labute approximate surface area is 167 Å². The molecule has 7 heteroatoms. The number of benzene rings is 2. The van der Waals surface area contributed by atoms with Gasteiger partial charge in [-0.05, 0) is 49.2 Å². The Balaban J connectivity index is 1.79. The van der Waals surface area contributed by atoms with E-state index >= 15 is 0 Å². The summed E-state index contributed by atoms with van der Waals surface area (Å²) >= 11 is 1.53. The number of nitrogens with zero attached hydrogens (tertiary/aromatic N) is 2. The Morgan fingerprint density at radius 2 is 1.96 bits per heavy atom. The number of methoxy groups -OCH3 is 1. The van der Waals surface area contributed by atoms with Crippen LogP contribution in [-0.4, -0.2) is 37.4 Å². The van der Waals surface area contributed by atoms with E-state index in [9.17, 15) is 4.79 Å². The number of aromatic nitrogens is 1. The van der Waals surface area contributed by atoms with E-state index < -0.39 is 0 Å². The lowest BCUT2D eigenvalue weighted by atomic mass is 10.1. The number of carbonyl (C=O) groups excluding carboxylic acids is 1. The van der Waals surface area contributed by atoms with Crippen molar-refractivity contribution in [3.63, 3.8) is 0 Å². The van der Waals surface area contributed by atoms with E-state index in [1.165, 1.54) is 22.5 Å². The third kappa shape index (κ3) is 3.55. The standard InChI is InChI=1S/C21H22N2O4S/c1-13-10-14(2)19-16(11-13)23(6-7-25-3)21(28-19)22-20(24)15-4-5-17-18(12-15)27-9-8-26-17/h4-5,10-12H,6-9H2,1-3H3. The molecule has 0 atom stereocenters. The van der Waals surface area contributed by atoms with Crippen molar-refractivity contribution < 1.29 is 19.0 Å². The molecule has 0 aliphatic carbocycles. The molecular weight excluding hydrogens is 376 g/mol. The minimum Gasteiger partial charge on any atom is -0.486 e. The van der Waals surface area contributed by atoms with Gasteiger partial charge in [0, 0.05) is 19.2 Å². The fourth-order valence-electron chi connectivity index (χ4n) is 3.32. The quantitative estimate of drug-likeness (QED) is 0.675. The number of carbonyl (C=O) groups is 1. The molecule has 28 heavy (non-hydrogen) atoms. The third-order valence-electron chi connectivity index (χ3n) is 4.62. The molecular formula is C21H22N2O4S. The topological polar surface area (TPSA) is 62.1 Å². The summed E-state index contributed by atoms with van der Waals surface area (Å²) in [5, 5.41) is 0. The van der Waals surface area contributed by atoms with Gasteiger partial charge in [-0.25, -0.2) is 0 Å². The molecule has 0 N–H and O–H groups in total. The molecule has 3 aromatic rings. The zero-order valence-electron chi connectivity index (χ0n) is 16.2. The van der Waals surface area contributed by atoms with E-state index in [1.807, 2.05) is 0 Å². The maximum Gasteiger partial charge on any atom is 0.279 e. The Bertz CT molecular complexity index is 1110. The predicted molar refractivity (Wildman–Crippen MR) is 108 cm³/mol. The highest BCUT2D eigenvalue weighted by Gasteiger charge is 2.16. The van der Waals surface area contributed by atoms with Crippen LogP contribution in [0.15, 0.2) is 35.3 Å². The maximum atomic E-state index is 12.9. The van der Waals surface area contributed by atoms with Crippen LogP contribution in [-0.2, 0) is 11.3 Å². The Morgan fingerprint density at radius 1 is 1.18 bits per heavy atom. The van der Waals surface area contributed by atoms with Gasteiger partial charge in [-0.1, -0.05) is 17.4 Å². The number of ether oxygens (including phenoxy) is 3. The molecule has 0 bridgehead atoms. The van der Waals surface area contributed by atoms with Crippen molar-refractivity contribution in [1.29, 1.82) is 0 Å². The van der Waals surface area contributed by atoms with Gasteiger partial charge in [-0.15, -0.1) is 0 Å². The highest BCUT2D eigenvalue weighted by atomic mass is 32.1. The largest absolute Gasteiger partial charge is 0.486 e. The van der Waals surface area contributed by atoms with Gasteiger partial charge in [0.1, 0.15) is 13.2 Å². The lowest BCUT2D eigenvalue weighted by Gasteiger charge is -2.18. The second kappa shape index (κ2) is 7.77. The molecule has 1 aliphatic heterocycles. The first-order valence-electron chi connectivity index (χ1n) is 9.15. The fraction of sp³-hybridized carbons (Fsp3) is 0.333. The van der Waals surface area contributed by atoms with Gasteiger partial charge < -0.3 is 18.8 Å². The van der Waals surface area contributed by atoms with Crippen LogP contribution >= 0.6 is 11.3 Å². The smallest absolute Gasteiger partial charge is 0.279 e. The van der Waals surface area contributed by atoms with Crippen LogP contribution in [0.3, 0.4) is 0 Å². The van der Waals surface area contributed by atoms with Crippen LogP contribution in [0, 0.1) is 13.8 Å². The molecule has 1 amide bonds. The summed E-state index contributed by atoms with van der Waals surface area (Å²) in [4.78, 5) is 18.0. The van der Waals surface area contributed by atoms with E-state index in [0.717, 1.165) is 10.2 Å². The zero-order valence-corrected chi connectivity index (χ0v) is 17.0. The van der Waals surface area contributed by atoms with E-state index in [4.69, 9.17) is 14.2 Å². The summed E-state index contributed by atoms with van der Waals surface area (Å²) < 4.78 is 19.5. The molecule has 0 unspecified atom stereocenters. The average molecular weight is 398 g/mol. The SMILES string of the molecule is COCCn1c(=NC(=O)c2ccc3c(c2)OCCO3)sc2c(C)cc(C)cc21. The second-order valence-corrected chi connectivity index (χ2v) is 7.71. The normalized spacial score (nSPS) is 13.9. The molecule has 146 valence electrons. The van der Waals surface area contributed by atoms with Crippen LogP contribution in [0.5, 0.6) is 11.5 Å². The molecule has 1 aromatic heterocycles. The molecule has 2 aromatic carbocycles. The summed E-state index contributed by atoms with van der Waals surface area (Å²) in [5.41, 5.74) is 3.92. The highest BCUT2D eigenvalue weighted by Crippen LogP contribution is 2.31. The van der Waals surface area contributed by atoms with Gasteiger partial charge in [0.25, 0.3) is 5.91 Å². The number of thiazole rings is 1. The molecule has 1 aliphatic rings. The van der Waals surface area contributed by atoms with Crippen molar-refractivity contribution >= 4 is 27.5 Å². The van der Waals surface area contributed by atoms with Crippen LogP contribution in [0.1, 0.15) is 21.5 Å². The van der Waals surface area contributed by atoms with Crippen molar-refractivity contribution in [2.75, 3.05) is 26.9 Å². The number of hydrogen-bond acceptors (Lipinski definition) is 5. The van der Waals surface area contributed by atoms with E-state index in [-0.39, 0.29) is 5.91 Å². The first-order valence-corrected chi connectivity index (χ1v) is 9.96. The second-order valence-electron chi connectivity index (χ2n) is 6.73. The monoisotopic (exact) mass is 398 g/mol. The zero-order chi connectivity index (χ0) is 19.7. The van der Waals surface area contributed by atoms with E-state index in [1.54, 1.807) is 25.3 Å². The first kappa shape index (κ1) is 18.7. The van der Waals surface area contributed by atoms with Crippen molar-refractivity contribution in [2.45, 2.75) is 20.4 Å². The van der Waals surface area contributed by atoms with Gasteiger partial charge in [0.05, 0.1) is 16.8 Å². The lowest BCUT2D eigenvalue weighted by Crippen LogP contribution is -2.19. The van der Waals surface area contributed by atoms with E-state index in [2.05, 4.69) is 35.5 Å². The van der Waals surface area contributed by atoms with Gasteiger partial charge in [0.2, 0.25) is 0 Å². The van der Waals surface area contributed by atoms with Crippen LogP contribution in [0.4, 0.5) is 0 Å². The number of amides is 1. The number of fused-ring (bicyclic) bond motifs is 2. The minimum atomic E-state index is -0.302. The molecule has 0 radical (unpaired) electrons. The summed E-state index contributed by atoms with van der Waals surface area (Å²) in [6, 6.07) is 9.45. The molecule has 4 rings (SSSR count). The van der Waals surface area contributed by atoms with Gasteiger partial charge >= 0.3 is 0 Å². The maximum absolute atomic E-state index is 12.9. The van der Waals surface area contributed by atoms with Crippen LogP contribution in [0.25, 0.3) is 10.2 Å². The molecule has 6 nitrogen and oxygen atoms in total. The molecule has 0 fully saturated rings. The highest BCUT2D eigenvalue weighted by molar-refractivity contribution is 7.16. The molecule has 0 spiro atoms. The summed E-state index contributed by atoms with van der Waals surface area (Å²) in [7, 11) is 1.67. The summed E-state index contributed by atoms with van der Waals surface area (Å²) in [6.45, 7) is 6.33. The molecule has 2 heterocycles. The lowest BCUT2D eigenvalue weighted by molar-refractivity contribution is 0.0996. The van der Waals surface area contributed by atoms with Gasteiger partial charge in [0.15, 0.2) is 16.3 Å². The van der Waals surface area contributed by atoms with Crippen molar-refractivity contribution in [3.8, 4) is 11.5 Å². The Morgan fingerprint density at radius 3 is 2.75 bits per heavy atom. The predicted octanol–water partition coefficient (Wildman–Crippen LogP) is 3.48. The van der Waals surface area contributed by atoms with Crippen molar-refractivity contribution in [1.82, 2.24) is 4.57 Å². The molecule has 0 saturated carbocycles. The van der Waals surface area contributed by atoms with Crippen molar-refractivity contribution in [2.24, 2.45) is 4.99 Å². The minimum absolute atomic E-state index is 0.302. The summed E-state index contributed by atoms with van der Waals surface area (Å²) in [6.07, 6.45) is 0. The fourth-order valence-corrected chi connectivity index (χ4v) is 4.43. The van der Waals surface area contributed by atoms with Crippen molar-refractivity contribution in [3.05, 3.63) is 51.8 Å². The summed E-state index contributed by atoms with van der Waals surface area (Å²) in [5.74, 6) is 0.942. The van der Waals surface area contributed by atoms with E-state index in [0.29, 0.717) is 48.2 Å². The Hall–Kier alpha value is -2.64. The Kier molecular flexibility index (Phi) is 5.19. The van der Waals surface area contributed by atoms with Gasteiger partial charge in [-0.2, -0.15) is 4.99 Å². The average Bonchev–Trinajstić information content (AvgIpc) is 3.03. The number of hydrogen-bond donors (Lipinski definition) is 0. The number of rotatable bonds is 4.